The third-order valence-corrected chi connectivity index (χ3v) is 5.52. The van der Waals surface area contributed by atoms with E-state index in [1.54, 1.807) is 16.4 Å². The van der Waals surface area contributed by atoms with Crippen LogP contribution in [-0.2, 0) is 9.53 Å². The van der Waals surface area contributed by atoms with E-state index in [1.165, 1.54) is 18.0 Å². The molecule has 1 aliphatic rings. The highest BCUT2D eigenvalue weighted by atomic mass is 32.2. The molecular formula is C20H25N3O3S. The predicted octanol–water partition coefficient (Wildman–Crippen LogP) is 3.40. The Morgan fingerprint density at radius 3 is 2.52 bits per heavy atom. The summed E-state index contributed by atoms with van der Waals surface area (Å²) in [6.45, 7) is 5.28. The lowest BCUT2D eigenvalue weighted by Crippen LogP contribution is -2.44. The second-order valence-electron chi connectivity index (χ2n) is 6.86. The van der Waals surface area contributed by atoms with E-state index in [0.717, 1.165) is 31.6 Å². The van der Waals surface area contributed by atoms with Gasteiger partial charge in [0.25, 0.3) is 5.91 Å². The summed E-state index contributed by atoms with van der Waals surface area (Å²) in [5.41, 5.74) is 1.15. The Morgan fingerprint density at radius 1 is 1.22 bits per heavy atom. The zero-order valence-corrected chi connectivity index (χ0v) is 16.7. The molecule has 7 heteroatoms. The van der Waals surface area contributed by atoms with Crippen LogP contribution in [0.15, 0.2) is 41.7 Å². The van der Waals surface area contributed by atoms with Crippen LogP contribution in [0, 0.1) is 5.92 Å². The van der Waals surface area contributed by atoms with E-state index in [4.69, 9.17) is 4.74 Å². The van der Waals surface area contributed by atoms with E-state index >= 15 is 0 Å². The minimum absolute atomic E-state index is 0.133. The fourth-order valence-electron chi connectivity index (χ4n) is 3.21. The minimum Gasteiger partial charge on any atom is -0.448 e. The van der Waals surface area contributed by atoms with Crippen molar-refractivity contribution in [3.8, 4) is 5.69 Å². The monoisotopic (exact) mass is 387 g/mol. The number of ether oxygens (including phenoxy) is 1. The molecule has 1 aliphatic heterocycles. The van der Waals surface area contributed by atoms with E-state index in [0.29, 0.717) is 16.8 Å². The predicted molar refractivity (Wildman–Crippen MR) is 105 cm³/mol. The van der Waals surface area contributed by atoms with Gasteiger partial charge in [0.05, 0.1) is 6.20 Å². The number of esters is 1. The summed E-state index contributed by atoms with van der Waals surface area (Å²) < 4.78 is 7.25. The molecule has 144 valence electrons. The van der Waals surface area contributed by atoms with Crippen molar-refractivity contribution in [2.45, 2.75) is 37.9 Å². The first-order chi connectivity index (χ1) is 13.0. The topological polar surface area (TPSA) is 64.4 Å². The fraction of sp³-hybridized carbons (Fsp3) is 0.450. The van der Waals surface area contributed by atoms with Gasteiger partial charge in [-0.15, -0.1) is 0 Å². The zero-order chi connectivity index (χ0) is 19.4. The Hall–Kier alpha value is -2.28. The summed E-state index contributed by atoms with van der Waals surface area (Å²) >= 11 is 1.45. The second-order valence-corrected chi connectivity index (χ2v) is 7.63. The summed E-state index contributed by atoms with van der Waals surface area (Å²) in [6, 6.07) is 9.52. The van der Waals surface area contributed by atoms with Crippen LogP contribution in [0.5, 0.6) is 0 Å². The highest BCUT2D eigenvalue weighted by Crippen LogP contribution is 2.23. The number of carbonyl (C=O) groups excluding carboxylic acids is 2. The highest BCUT2D eigenvalue weighted by Gasteiger charge is 2.28. The number of amides is 1. The van der Waals surface area contributed by atoms with E-state index in [2.05, 4.69) is 11.9 Å². The lowest BCUT2D eigenvalue weighted by Gasteiger charge is -2.31. The third-order valence-electron chi connectivity index (χ3n) is 4.86. The first-order valence-electron chi connectivity index (χ1n) is 9.18. The quantitative estimate of drug-likeness (QED) is 0.581. The van der Waals surface area contributed by atoms with Crippen molar-refractivity contribution in [3.63, 3.8) is 0 Å². The molecule has 2 heterocycles. The fourth-order valence-corrected chi connectivity index (χ4v) is 3.75. The van der Waals surface area contributed by atoms with Crippen LogP contribution >= 0.6 is 11.8 Å². The first-order valence-corrected chi connectivity index (χ1v) is 10.4. The number of likely N-dealkylation sites (tertiary alicyclic amines) is 1. The molecule has 1 atom stereocenters. The smallest absolute Gasteiger partial charge is 0.357 e. The molecular weight excluding hydrogens is 362 g/mol. The lowest BCUT2D eigenvalue weighted by molar-refractivity contribution is -0.141. The summed E-state index contributed by atoms with van der Waals surface area (Å²) in [7, 11) is 0. The number of hydrogen-bond acceptors (Lipinski definition) is 5. The standard InChI is InChI=1S/C20H25N3O3S/c1-14-9-11-22(12-10-14)18(24)15(2)26-19(25)17-13-21-20(27-3)23(17)16-7-5-4-6-8-16/h4-8,13-15H,9-12H2,1-3H3. The Bertz CT molecular complexity index is 798. The third kappa shape index (κ3) is 4.35. The molecule has 27 heavy (non-hydrogen) atoms. The van der Waals surface area contributed by atoms with Gasteiger partial charge < -0.3 is 9.64 Å². The maximum atomic E-state index is 12.8. The number of imidazole rings is 1. The van der Waals surface area contributed by atoms with Crippen molar-refractivity contribution in [2.75, 3.05) is 19.3 Å². The number of aromatic nitrogens is 2. The molecule has 6 nitrogen and oxygen atoms in total. The van der Waals surface area contributed by atoms with Gasteiger partial charge in [0.1, 0.15) is 0 Å². The molecule has 0 spiro atoms. The summed E-state index contributed by atoms with van der Waals surface area (Å²) in [4.78, 5) is 31.5. The molecule has 1 amide bonds. The molecule has 0 saturated carbocycles. The van der Waals surface area contributed by atoms with Crippen LogP contribution in [0.25, 0.3) is 5.69 Å². The van der Waals surface area contributed by atoms with Gasteiger partial charge in [-0.1, -0.05) is 36.9 Å². The number of thioether (sulfide) groups is 1. The number of para-hydroxylation sites is 1. The van der Waals surface area contributed by atoms with E-state index in [1.807, 2.05) is 36.6 Å². The SMILES string of the molecule is CSc1ncc(C(=O)OC(C)C(=O)N2CCC(C)CC2)n1-c1ccccc1. The molecule has 1 aromatic heterocycles. The molecule has 0 aliphatic carbocycles. The molecule has 3 rings (SSSR count). The van der Waals surface area contributed by atoms with Crippen LogP contribution < -0.4 is 0 Å². The lowest BCUT2D eigenvalue weighted by atomic mass is 9.99. The van der Waals surface area contributed by atoms with Gasteiger partial charge in [0.15, 0.2) is 17.0 Å². The largest absolute Gasteiger partial charge is 0.448 e. The molecule has 0 radical (unpaired) electrons. The number of nitrogens with zero attached hydrogens (tertiary/aromatic N) is 3. The van der Waals surface area contributed by atoms with Crippen LogP contribution in [0.4, 0.5) is 0 Å². The van der Waals surface area contributed by atoms with E-state index < -0.39 is 12.1 Å². The van der Waals surface area contributed by atoms with Crippen LogP contribution in [0.2, 0.25) is 0 Å². The van der Waals surface area contributed by atoms with Crippen molar-refractivity contribution in [1.82, 2.24) is 14.5 Å². The molecule has 1 fully saturated rings. The summed E-state index contributed by atoms with van der Waals surface area (Å²) in [5.74, 6) is -0.0407. The van der Waals surface area contributed by atoms with Crippen molar-refractivity contribution in [1.29, 1.82) is 0 Å². The number of rotatable bonds is 5. The molecule has 0 bridgehead atoms. The number of hydrogen-bond donors (Lipinski definition) is 0. The number of benzene rings is 1. The Labute approximate surface area is 163 Å². The Kier molecular flexibility index (Phi) is 6.21. The van der Waals surface area contributed by atoms with Crippen LogP contribution in [0.1, 0.15) is 37.2 Å². The summed E-state index contributed by atoms with van der Waals surface area (Å²) in [5, 5.41) is 0.692. The average Bonchev–Trinajstić information content (AvgIpc) is 3.13. The van der Waals surface area contributed by atoms with Gasteiger partial charge >= 0.3 is 5.97 Å². The van der Waals surface area contributed by atoms with Crippen molar-refractivity contribution >= 4 is 23.6 Å². The second kappa shape index (κ2) is 8.61. The average molecular weight is 388 g/mol. The van der Waals surface area contributed by atoms with Crippen molar-refractivity contribution in [2.24, 2.45) is 5.92 Å². The molecule has 0 N–H and O–H groups in total. The maximum Gasteiger partial charge on any atom is 0.357 e. The molecule has 1 unspecified atom stereocenters. The van der Waals surface area contributed by atoms with Crippen LogP contribution in [-0.4, -0.2) is 51.8 Å². The maximum absolute atomic E-state index is 12.8. The molecule has 1 saturated heterocycles. The van der Waals surface area contributed by atoms with Gasteiger partial charge in [0, 0.05) is 18.8 Å². The number of piperidine rings is 1. The normalized spacial score (nSPS) is 16.2. The Morgan fingerprint density at radius 2 is 1.89 bits per heavy atom. The van der Waals surface area contributed by atoms with Crippen LogP contribution in [0.3, 0.4) is 0 Å². The van der Waals surface area contributed by atoms with Crippen molar-refractivity contribution < 1.29 is 14.3 Å². The van der Waals surface area contributed by atoms with Gasteiger partial charge in [0.2, 0.25) is 0 Å². The minimum atomic E-state index is -0.817. The van der Waals surface area contributed by atoms with Gasteiger partial charge in [-0.25, -0.2) is 9.78 Å². The van der Waals surface area contributed by atoms with Gasteiger partial charge in [-0.3, -0.25) is 9.36 Å². The molecule has 1 aromatic carbocycles. The number of carbonyl (C=O) groups is 2. The van der Waals surface area contributed by atoms with E-state index in [-0.39, 0.29) is 5.91 Å². The van der Waals surface area contributed by atoms with Gasteiger partial charge in [-0.05, 0) is 44.1 Å². The van der Waals surface area contributed by atoms with Gasteiger partial charge in [-0.2, -0.15) is 0 Å². The zero-order valence-electron chi connectivity index (χ0n) is 15.9. The van der Waals surface area contributed by atoms with Crippen molar-refractivity contribution in [3.05, 3.63) is 42.2 Å². The Balaban J connectivity index is 1.75. The highest BCUT2D eigenvalue weighted by molar-refractivity contribution is 7.98. The first kappa shape index (κ1) is 19.5. The summed E-state index contributed by atoms with van der Waals surface area (Å²) in [6.07, 6.45) is 4.57. The van der Waals surface area contributed by atoms with E-state index in [9.17, 15) is 9.59 Å². The molecule has 2 aromatic rings.